The molecule has 0 unspecified atom stereocenters. The molecule has 0 aliphatic rings. The average Bonchev–Trinajstić information content (AvgIpc) is 2.16. The van der Waals surface area contributed by atoms with Crippen molar-refractivity contribution in [1.82, 2.24) is 0 Å². The monoisotopic (exact) mass is 270 g/mol. The first-order chi connectivity index (χ1) is 7.29. The van der Waals surface area contributed by atoms with Crippen molar-refractivity contribution in [1.29, 1.82) is 0 Å². The number of nitrogens with one attached hydrogen (secondary N) is 1. The van der Waals surface area contributed by atoms with Gasteiger partial charge < -0.3 is 10.2 Å². The van der Waals surface area contributed by atoms with Crippen molar-refractivity contribution < 1.29 is 22.3 Å². The molecule has 1 aromatic carbocycles. The van der Waals surface area contributed by atoms with Crippen LogP contribution in [0.2, 0.25) is 5.02 Å². The highest BCUT2D eigenvalue weighted by Crippen LogP contribution is 2.30. The van der Waals surface area contributed by atoms with Crippen LogP contribution in [0.5, 0.6) is 5.75 Å². The van der Waals surface area contributed by atoms with Crippen LogP contribution in [0.1, 0.15) is 0 Å². The normalized spacial score (nSPS) is 10.1. The quantitative estimate of drug-likeness (QED) is 0.359. The lowest BCUT2D eigenvalue weighted by molar-refractivity contribution is 0.381. The minimum Gasteiger partial charge on any atom is -0.495 e. The number of anilines is 1. The standard InChI is InChI=1S/C7H9ClN2O.H2O4S/c1-11-6-4-2-3-5(10-9)7(6)8;1-5(2,3)4/h2-4,10H,9H2,1H3;(H2,1,2,3,4). The number of hydrogen-bond acceptors (Lipinski definition) is 5. The molecular weight excluding hydrogens is 260 g/mol. The number of rotatable bonds is 2. The molecule has 0 spiro atoms. The summed E-state index contributed by atoms with van der Waals surface area (Å²) in [6.45, 7) is 0. The Morgan fingerprint density at radius 2 is 1.94 bits per heavy atom. The zero-order valence-electron chi connectivity index (χ0n) is 8.21. The molecule has 0 atom stereocenters. The molecule has 7 nitrogen and oxygen atoms in total. The molecule has 9 heteroatoms. The maximum atomic E-state index is 8.74. The first-order valence-electron chi connectivity index (χ1n) is 3.78. The van der Waals surface area contributed by atoms with Gasteiger partial charge in [-0.15, -0.1) is 0 Å². The molecule has 0 aliphatic heterocycles. The summed E-state index contributed by atoms with van der Waals surface area (Å²) in [5, 5.41) is 0.498. The van der Waals surface area contributed by atoms with Crippen LogP contribution in [0, 0.1) is 0 Å². The lowest BCUT2D eigenvalue weighted by Crippen LogP contribution is -2.07. The Kier molecular flexibility index (Phi) is 6.08. The number of hydrogen-bond donors (Lipinski definition) is 4. The summed E-state index contributed by atoms with van der Waals surface area (Å²) >= 11 is 5.84. The number of methoxy groups -OCH3 is 1. The van der Waals surface area contributed by atoms with Crippen LogP contribution in [0.15, 0.2) is 18.2 Å². The highest BCUT2D eigenvalue weighted by molar-refractivity contribution is 7.79. The molecule has 0 bridgehead atoms. The lowest BCUT2D eigenvalue weighted by Gasteiger charge is -2.06. The second-order valence-electron chi connectivity index (χ2n) is 2.41. The summed E-state index contributed by atoms with van der Waals surface area (Å²) in [5.41, 5.74) is 3.12. The van der Waals surface area contributed by atoms with Crippen molar-refractivity contribution in [3.63, 3.8) is 0 Å². The van der Waals surface area contributed by atoms with E-state index in [1.807, 2.05) is 0 Å². The topological polar surface area (TPSA) is 122 Å². The molecule has 92 valence electrons. The zero-order chi connectivity index (χ0) is 12.8. The van der Waals surface area contributed by atoms with E-state index in [1.54, 1.807) is 25.3 Å². The maximum Gasteiger partial charge on any atom is 0.394 e. The van der Waals surface area contributed by atoms with E-state index in [4.69, 9.17) is 39.7 Å². The summed E-state index contributed by atoms with van der Waals surface area (Å²) < 4.78 is 36.5. The van der Waals surface area contributed by atoms with Crippen LogP contribution in [0.3, 0.4) is 0 Å². The maximum absolute atomic E-state index is 8.74. The fourth-order valence-corrected chi connectivity index (χ4v) is 1.04. The van der Waals surface area contributed by atoms with E-state index in [-0.39, 0.29) is 0 Å². The fraction of sp³-hybridized carbons (Fsp3) is 0.143. The highest BCUT2D eigenvalue weighted by Gasteiger charge is 2.03. The number of hydrazine groups is 1. The van der Waals surface area contributed by atoms with E-state index in [2.05, 4.69) is 5.43 Å². The van der Waals surface area contributed by atoms with Crippen molar-refractivity contribution in [3.05, 3.63) is 23.2 Å². The predicted octanol–water partition coefficient (Wildman–Crippen LogP) is 0.981. The van der Waals surface area contributed by atoms with Crippen molar-refractivity contribution in [3.8, 4) is 5.75 Å². The Balaban J connectivity index is 0.000000385. The summed E-state index contributed by atoms with van der Waals surface area (Å²) in [4.78, 5) is 0. The van der Waals surface area contributed by atoms with Crippen LogP contribution in [-0.2, 0) is 10.4 Å². The molecule has 0 amide bonds. The molecule has 0 radical (unpaired) electrons. The summed E-state index contributed by atoms with van der Waals surface area (Å²) in [7, 11) is -3.11. The second kappa shape index (κ2) is 6.51. The predicted molar refractivity (Wildman–Crippen MR) is 60.0 cm³/mol. The first kappa shape index (κ1) is 14.9. The molecule has 0 heterocycles. The minimum absolute atomic E-state index is 0.498. The van der Waals surface area contributed by atoms with Gasteiger partial charge in [-0.05, 0) is 12.1 Å². The highest BCUT2D eigenvalue weighted by atomic mass is 35.5. The van der Waals surface area contributed by atoms with E-state index in [0.717, 1.165) is 0 Å². The van der Waals surface area contributed by atoms with Gasteiger partial charge in [-0.1, -0.05) is 17.7 Å². The summed E-state index contributed by atoms with van der Waals surface area (Å²) in [5.74, 6) is 5.80. The van der Waals surface area contributed by atoms with Crippen LogP contribution in [0.4, 0.5) is 5.69 Å². The largest absolute Gasteiger partial charge is 0.495 e. The van der Waals surface area contributed by atoms with Gasteiger partial charge in [-0.25, -0.2) is 0 Å². The van der Waals surface area contributed by atoms with E-state index >= 15 is 0 Å². The molecule has 5 N–H and O–H groups in total. The van der Waals surface area contributed by atoms with E-state index < -0.39 is 10.4 Å². The zero-order valence-corrected chi connectivity index (χ0v) is 9.79. The van der Waals surface area contributed by atoms with Crippen LogP contribution < -0.4 is 16.0 Å². The molecule has 0 aromatic heterocycles. The van der Waals surface area contributed by atoms with Crippen molar-refractivity contribution in [2.45, 2.75) is 0 Å². The number of halogens is 1. The molecule has 0 saturated heterocycles. The van der Waals surface area contributed by atoms with E-state index in [0.29, 0.717) is 16.5 Å². The molecule has 1 aromatic rings. The van der Waals surface area contributed by atoms with Gasteiger partial charge in [0.15, 0.2) is 0 Å². The van der Waals surface area contributed by atoms with Crippen molar-refractivity contribution in [2.24, 2.45) is 5.84 Å². The van der Waals surface area contributed by atoms with Gasteiger partial charge in [0.05, 0.1) is 12.8 Å². The van der Waals surface area contributed by atoms with Gasteiger partial charge in [0, 0.05) is 0 Å². The Morgan fingerprint density at radius 1 is 1.44 bits per heavy atom. The number of nitrogen functional groups attached to an aromatic ring is 1. The number of ether oxygens (including phenoxy) is 1. The Morgan fingerprint density at radius 3 is 2.31 bits per heavy atom. The van der Waals surface area contributed by atoms with Crippen molar-refractivity contribution in [2.75, 3.05) is 12.5 Å². The third-order valence-electron chi connectivity index (χ3n) is 1.34. The lowest BCUT2D eigenvalue weighted by atomic mass is 10.3. The third-order valence-corrected chi connectivity index (χ3v) is 1.73. The van der Waals surface area contributed by atoms with Crippen molar-refractivity contribution >= 4 is 27.7 Å². The molecule has 0 saturated carbocycles. The van der Waals surface area contributed by atoms with Crippen LogP contribution in [0.25, 0.3) is 0 Å². The number of benzene rings is 1. The molecule has 1 rings (SSSR count). The Hall–Kier alpha value is -1.06. The Labute approximate surface area is 97.7 Å². The van der Waals surface area contributed by atoms with Gasteiger partial charge in [-0.3, -0.25) is 14.9 Å². The minimum atomic E-state index is -4.67. The summed E-state index contributed by atoms with van der Waals surface area (Å²) in [6.07, 6.45) is 0. The van der Waals surface area contributed by atoms with Crippen LogP contribution in [-0.4, -0.2) is 24.6 Å². The van der Waals surface area contributed by atoms with Gasteiger partial charge in [0.1, 0.15) is 10.8 Å². The van der Waals surface area contributed by atoms with Gasteiger partial charge >= 0.3 is 10.4 Å². The smallest absolute Gasteiger partial charge is 0.394 e. The second-order valence-corrected chi connectivity index (χ2v) is 3.69. The van der Waals surface area contributed by atoms with Gasteiger partial charge in [0.2, 0.25) is 0 Å². The third kappa shape index (κ3) is 6.43. The fourth-order valence-electron chi connectivity index (χ4n) is 0.780. The molecule has 0 fully saturated rings. The molecular formula is C7H11ClN2O5S. The molecule has 16 heavy (non-hydrogen) atoms. The van der Waals surface area contributed by atoms with Crippen LogP contribution >= 0.6 is 11.6 Å². The van der Waals surface area contributed by atoms with E-state index in [9.17, 15) is 0 Å². The Bertz CT molecular complexity index is 406. The van der Waals surface area contributed by atoms with Gasteiger partial charge in [0.25, 0.3) is 0 Å². The average molecular weight is 271 g/mol. The van der Waals surface area contributed by atoms with E-state index in [1.165, 1.54) is 0 Å². The SMILES string of the molecule is COc1cccc(NN)c1Cl.O=S(=O)(O)O. The first-order valence-corrected chi connectivity index (χ1v) is 5.56. The molecule has 0 aliphatic carbocycles. The number of nitrogens with two attached hydrogens (primary N) is 1. The van der Waals surface area contributed by atoms with Gasteiger partial charge in [-0.2, -0.15) is 8.42 Å². The summed E-state index contributed by atoms with van der Waals surface area (Å²) in [6, 6.07) is 5.34.